The van der Waals surface area contributed by atoms with Gasteiger partial charge in [-0.1, -0.05) is 13.3 Å². The van der Waals surface area contributed by atoms with Gasteiger partial charge in [-0.2, -0.15) is 0 Å². The Bertz CT molecular complexity index is 479. The van der Waals surface area contributed by atoms with Crippen molar-refractivity contribution in [3.05, 3.63) is 35.4 Å². The summed E-state index contributed by atoms with van der Waals surface area (Å²) in [7, 11) is 0. The zero-order valence-corrected chi connectivity index (χ0v) is 10.9. The zero-order chi connectivity index (χ0) is 14.0. The van der Waals surface area contributed by atoms with Crippen molar-refractivity contribution in [3.63, 3.8) is 0 Å². The maximum atomic E-state index is 13.6. The molecule has 19 heavy (non-hydrogen) atoms. The van der Waals surface area contributed by atoms with Crippen molar-refractivity contribution in [1.29, 1.82) is 0 Å². The quantitative estimate of drug-likeness (QED) is 0.893. The van der Waals surface area contributed by atoms with E-state index in [2.05, 4.69) is 0 Å². The van der Waals surface area contributed by atoms with Crippen molar-refractivity contribution < 1.29 is 13.6 Å². The molecule has 2 N–H and O–H groups in total. The number of nitrogens with two attached hydrogens (primary N) is 1. The van der Waals surface area contributed by atoms with Gasteiger partial charge in [-0.05, 0) is 24.5 Å². The summed E-state index contributed by atoms with van der Waals surface area (Å²) in [5.74, 6) is -1.64. The molecular formula is C14H18F2N2O. The van der Waals surface area contributed by atoms with E-state index in [4.69, 9.17) is 5.73 Å². The van der Waals surface area contributed by atoms with Gasteiger partial charge in [-0.25, -0.2) is 8.78 Å². The molecule has 3 nitrogen and oxygen atoms in total. The molecule has 0 spiro atoms. The van der Waals surface area contributed by atoms with Gasteiger partial charge in [0, 0.05) is 25.2 Å². The second-order valence-corrected chi connectivity index (χ2v) is 5.00. The molecule has 2 unspecified atom stereocenters. The Morgan fingerprint density at radius 1 is 1.47 bits per heavy atom. The third-order valence-electron chi connectivity index (χ3n) is 3.77. The molecule has 104 valence electrons. The first-order valence-corrected chi connectivity index (χ1v) is 6.52. The molecule has 1 amide bonds. The maximum absolute atomic E-state index is 13.6. The van der Waals surface area contributed by atoms with Gasteiger partial charge in [-0.15, -0.1) is 0 Å². The first kappa shape index (κ1) is 13.9. The molecule has 0 radical (unpaired) electrons. The van der Waals surface area contributed by atoms with Crippen LogP contribution in [0.2, 0.25) is 0 Å². The predicted molar refractivity (Wildman–Crippen MR) is 68.6 cm³/mol. The fraction of sp³-hybridized carbons (Fsp3) is 0.500. The van der Waals surface area contributed by atoms with E-state index in [-0.39, 0.29) is 23.4 Å². The Kier molecular flexibility index (Phi) is 4.14. The van der Waals surface area contributed by atoms with Gasteiger partial charge < -0.3 is 10.6 Å². The minimum Gasteiger partial charge on any atom is -0.338 e. The molecule has 0 aromatic heterocycles. The summed E-state index contributed by atoms with van der Waals surface area (Å²) in [6.45, 7) is 3.08. The van der Waals surface area contributed by atoms with E-state index in [1.165, 1.54) is 6.07 Å². The number of nitrogens with zero attached hydrogens (tertiary/aromatic N) is 1. The molecule has 1 fully saturated rings. The first-order valence-electron chi connectivity index (χ1n) is 6.52. The maximum Gasteiger partial charge on any atom is 0.256 e. The topological polar surface area (TPSA) is 46.3 Å². The van der Waals surface area contributed by atoms with Crippen LogP contribution in [-0.2, 0) is 0 Å². The summed E-state index contributed by atoms with van der Waals surface area (Å²) < 4.78 is 26.4. The monoisotopic (exact) mass is 268 g/mol. The molecule has 1 aromatic rings. The molecule has 5 heteroatoms. The summed E-state index contributed by atoms with van der Waals surface area (Å²) in [6.07, 6.45) is 1.60. The van der Waals surface area contributed by atoms with E-state index in [9.17, 15) is 13.6 Å². The number of halogens is 2. The lowest BCUT2D eigenvalue weighted by atomic mass is 9.90. The van der Waals surface area contributed by atoms with Crippen LogP contribution in [-0.4, -0.2) is 29.9 Å². The average Bonchev–Trinajstić information content (AvgIpc) is 2.38. The van der Waals surface area contributed by atoms with Gasteiger partial charge in [0.2, 0.25) is 0 Å². The first-order chi connectivity index (χ1) is 9.02. The molecule has 1 heterocycles. The lowest BCUT2D eigenvalue weighted by Crippen LogP contribution is -2.49. The second-order valence-electron chi connectivity index (χ2n) is 5.00. The lowest BCUT2D eigenvalue weighted by Gasteiger charge is -2.36. The van der Waals surface area contributed by atoms with Crippen LogP contribution < -0.4 is 5.73 Å². The highest BCUT2D eigenvalue weighted by atomic mass is 19.1. The molecule has 1 aliphatic heterocycles. The Labute approximate surface area is 111 Å². The molecule has 0 bridgehead atoms. The molecule has 2 atom stereocenters. The SMILES string of the molecule is CCC1CN(C(=O)c2ccc(F)cc2F)CCC1N. The van der Waals surface area contributed by atoms with Crippen molar-refractivity contribution in [2.45, 2.75) is 25.8 Å². The van der Waals surface area contributed by atoms with Gasteiger partial charge in [-0.3, -0.25) is 4.79 Å². The minimum absolute atomic E-state index is 0.0771. The van der Waals surface area contributed by atoms with Gasteiger partial charge in [0.25, 0.3) is 5.91 Å². The van der Waals surface area contributed by atoms with Crippen LogP contribution in [0.15, 0.2) is 18.2 Å². The fourth-order valence-corrected chi connectivity index (χ4v) is 2.50. The average molecular weight is 268 g/mol. The third-order valence-corrected chi connectivity index (χ3v) is 3.77. The van der Waals surface area contributed by atoms with E-state index in [1.807, 2.05) is 6.92 Å². The van der Waals surface area contributed by atoms with Crippen LogP contribution in [0.25, 0.3) is 0 Å². The number of hydrogen-bond donors (Lipinski definition) is 1. The number of benzene rings is 1. The van der Waals surface area contributed by atoms with Crippen LogP contribution in [0, 0.1) is 17.6 Å². The van der Waals surface area contributed by atoms with E-state index in [1.54, 1.807) is 4.90 Å². The zero-order valence-electron chi connectivity index (χ0n) is 10.9. The van der Waals surface area contributed by atoms with Crippen molar-refractivity contribution in [3.8, 4) is 0 Å². The van der Waals surface area contributed by atoms with Gasteiger partial charge in [0.1, 0.15) is 11.6 Å². The van der Waals surface area contributed by atoms with E-state index < -0.39 is 11.6 Å². The van der Waals surface area contributed by atoms with E-state index in [0.717, 1.165) is 18.6 Å². The van der Waals surface area contributed by atoms with Crippen LogP contribution in [0.1, 0.15) is 30.1 Å². The Morgan fingerprint density at radius 3 is 2.84 bits per heavy atom. The Balaban J connectivity index is 2.15. The van der Waals surface area contributed by atoms with Crippen LogP contribution in [0.5, 0.6) is 0 Å². The predicted octanol–water partition coefficient (Wildman–Crippen LogP) is 2.16. The normalized spacial score (nSPS) is 23.5. The standard InChI is InChI=1S/C14H18F2N2O/c1-2-9-8-18(6-5-13(9)17)14(19)11-4-3-10(15)7-12(11)16/h3-4,7,9,13H,2,5-6,8,17H2,1H3. The summed E-state index contributed by atoms with van der Waals surface area (Å²) in [5.41, 5.74) is 5.90. The highest BCUT2D eigenvalue weighted by molar-refractivity contribution is 5.94. The van der Waals surface area contributed by atoms with Crippen LogP contribution in [0.4, 0.5) is 8.78 Å². The molecule has 1 aliphatic rings. The Morgan fingerprint density at radius 2 is 2.21 bits per heavy atom. The number of rotatable bonds is 2. The molecule has 1 saturated heterocycles. The molecule has 1 aromatic carbocycles. The highest BCUT2D eigenvalue weighted by Gasteiger charge is 2.29. The van der Waals surface area contributed by atoms with Crippen LogP contribution in [0.3, 0.4) is 0 Å². The van der Waals surface area contributed by atoms with Gasteiger partial charge >= 0.3 is 0 Å². The van der Waals surface area contributed by atoms with Crippen LogP contribution >= 0.6 is 0 Å². The summed E-state index contributed by atoms with van der Waals surface area (Å²) in [6, 6.07) is 3.12. The Hall–Kier alpha value is -1.49. The van der Waals surface area contributed by atoms with E-state index >= 15 is 0 Å². The van der Waals surface area contributed by atoms with Crippen molar-refractivity contribution >= 4 is 5.91 Å². The summed E-state index contributed by atoms with van der Waals surface area (Å²) in [5, 5.41) is 0. The van der Waals surface area contributed by atoms with Crippen molar-refractivity contribution in [1.82, 2.24) is 4.90 Å². The number of carbonyl (C=O) groups is 1. The molecule has 2 rings (SSSR count). The summed E-state index contributed by atoms with van der Waals surface area (Å²) in [4.78, 5) is 13.8. The smallest absolute Gasteiger partial charge is 0.256 e. The lowest BCUT2D eigenvalue weighted by molar-refractivity contribution is 0.0644. The third kappa shape index (κ3) is 2.92. The highest BCUT2D eigenvalue weighted by Crippen LogP contribution is 2.21. The molecular weight excluding hydrogens is 250 g/mol. The fourth-order valence-electron chi connectivity index (χ4n) is 2.50. The number of carbonyl (C=O) groups excluding carboxylic acids is 1. The van der Waals surface area contributed by atoms with Gasteiger partial charge in [0.15, 0.2) is 0 Å². The van der Waals surface area contributed by atoms with Crippen molar-refractivity contribution in [2.75, 3.05) is 13.1 Å². The minimum atomic E-state index is -0.812. The van der Waals surface area contributed by atoms with Crippen molar-refractivity contribution in [2.24, 2.45) is 11.7 Å². The van der Waals surface area contributed by atoms with Gasteiger partial charge in [0.05, 0.1) is 5.56 Å². The second kappa shape index (κ2) is 5.65. The number of likely N-dealkylation sites (tertiary alicyclic amines) is 1. The van der Waals surface area contributed by atoms with E-state index in [0.29, 0.717) is 19.5 Å². The molecule has 0 aliphatic carbocycles. The number of piperidine rings is 1. The largest absolute Gasteiger partial charge is 0.338 e. The summed E-state index contributed by atoms with van der Waals surface area (Å²) >= 11 is 0. The molecule has 0 saturated carbocycles. The number of amides is 1. The number of hydrogen-bond acceptors (Lipinski definition) is 2.